The molecule has 35 heavy (non-hydrogen) atoms. The second-order valence-electron chi connectivity index (χ2n) is 8.97. The summed E-state index contributed by atoms with van der Waals surface area (Å²) in [6.07, 6.45) is -0.487. The number of carbonyl (C=O) groups excluding carboxylic acids is 2. The average molecular weight is 471 g/mol. The number of carbonyl (C=O) groups is 3. The molecule has 5 rings (SSSR count). The Labute approximate surface area is 203 Å². The number of hydrogen-bond donors (Lipinski definition) is 3. The van der Waals surface area contributed by atoms with Crippen LogP contribution in [0, 0.1) is 0 Å². The minimum atomic E-state index is -1.22. The Morgan fingerprint density at radius 2 is 1.49 bits per heavy atom. The van der Waals surface area contributed by atoms with Crippen LogP contribution in [0.4, 0.5) is 4.79 Å². The SMILES string of the molecule is O=C(O)CC(NC(=O)OCC1c2ccccc2-c2ccccc21)C(=O)NCC1Cc2ccccc21. The van der Waals surface area contributed by atoms with Crippen molar-refractivity contribution in [3.63, 3.8) is 0 Å². The highest BCUT2D eigenvalue weighted by molar-refractivity contribution is 5.89. The number of carboxylic acids is 1. The lowest BCUT2D eigenvalue weighted by molar-refractivity contribution is -0.139. The van der Waals surface area contributed by atoms with Crippen molar-refractivity contribution in [1.29, 1.82) is 0 Å². The molecule has 0 aliphatic heterocycles. The van der Waals surface area contributed by atoms with Crippen LogP contribution in [-0.2, 0) is 20.7 Å². The van der Waals surface area contributed by atoms with Gasteiger partial charge in [0.2, 0.25) is 5.91 Å². The Morgan fingerprint density at radius 1 is 0.886 bits per heavy atom. The molecule has 0 saturated carbocycles. The van der Waals surface area contributed by atoms with Gasteiger partial charge in [0, 0.05) is 18.4 Å². The van der Waals surface area contributed by atoms with Crippen LogP contribution in [0.2, 0.25) is 0 Å². The zero-order valence-corrected chi connectivity index (χ0v) is 19.1. The van der Waals surface area contributed by atoms with Gasteiger partial charge in [-0.2, -0.15) is 0 Å². The van der Waals surface area contributed by atoms with Crippen molar-refractivity contribution in [1.82, 2.24) is 10.6 Å². The molecule has 3 N–H and O–H groups in total. The van der Waals surface area contributed by atoms with E-state index in [2.05, 4.69) is 16.7 Å². The third-order valence-corrected chi connectivity index (χ3v) is 6.81. The maximum Gasteiger partial charge on any atom is 0.407 e. The molecule has 2 amide bonds. The molecule has 0 heterocycles. The monoisotopic (exact) mass is 470 g/mol. The summed E-state index contributed by atoms with van der Waals surface area (Å²) in [6, 6.07) is 22.8. The van der Waals surface area contributed by atoms with Crippen LogP contribution in [0.1, 0.15) is 40.5 Å². The summed E-state index contributed by atoms with van der Waals surface area (Å²) in [7, 11) is 0. The molecule has 2 aliphatic rings. The van der Waals surface area contributed by atoms with E-state index >= 15 is 0 Å². The number of benzene rings is 3. The smallest absolute Gasteiger partial charge is 0.407 e. The first kappa shape index (κ1) is 22.7. The molecule has 7 heteroatoms. The Hall–Kier alpha value is -4.13. The fraction of sp³-hybridized carbons (Fsp3) is 0.250. The molecular weight excluding hydrogens is 444 g/mol. The summed E-state index contributed by atoms with van der Waals surface area (Å²) >= 11 is 0. The van der Waals surface area contributed by atoms with Crippen LogP contribution >= 0.6 is 0 Å². The average Bonchev–Trinajstić information content (AvgIpc) is 3.16. The predicted molar refractivity (Wildman–Crippen MR) is 130 cm³/mol. The Morgan fingerprint density at radius 3 is 2.11 bits per heavy atom. The number of amides is 2. The van der Waals surface area contributed by atoms with Crippen molar-refractivity contribution in [3.05, 3.63) is 95.1 Å². The first-order valence-electron chi connectivity index (χ1n) is 11.7. The van der Waals surface area contributed by atoms with Crippen molar-refractivity contribution in [3.8, 4) is 11.1 Å². The number of aliphatic carboxylic acids is 1. The van der Waals surface area contributed by atoms with E-state index in [0.29, 0.717) is 6.54 Å². The largest absolute Gasteiger partial charge is 0.481 e. The first-order valence-corrected chi connectivity index (χ1v) is 11.7. The summed E-state index contributed by atoms with van der Waals surface area (Å²) in [5, 5.41) is 14.5. The summed E-state index contributed by atoms with van der Waals surface area (Å²) in [6.45, 7) is 0.471. The lowest BCUT2D eigenvalue weighted by Gasteiger charge is -2.30. The third-order valence-electron chi connectivity index (χ3n) is 6.81. The van der Waals surface area contributed by atoms with Crippen LogP contribution < -0.4 is 10.6 Å². The van der Waals surface area contributed by atoms with Gasteiger partial charge >= 0.3 is 12.1 Å². The molecule has 2 aliphatic carbocycles. The highest BCUT2D eigenvalue weighted by atomic mass is 16.5. The van der Waals surface area contributed by atoms with Crippen LogP contribution in [0.15, 0.2) is 72.8 Å². The first-order chi connectivity index (χ1) is 17.0. The van der Waals surface area contributed by atoms with Crippen molar-refractivity contribution in [2.45, 2.75) is 30.7 Å². The maximum absolute atomic E-state index is 12.7. The molecule has 0 saturated heterocycles. The van der Waals surface area contributed by atoms with Gasteiger partial charge in [-0.1, -0.05) is 72.8 Å². The van der Waals surface area contributed by atoms with Gasteiger partial charge in [0.05, 0.1) is 6.42 Å². The minimum Gasteiger partial charge on any atom is -0.481 e. The number of ether oxygens (including phenoxy) is 1. The molecule has 3 aromatic rings. The lowest BCUT2D eigenvalue weighted by atomic mass is 9.77. The topological polar surface area (TPSA) is 105 Å². The van der Waals surface area contributed by atoms with E-state index in [1.54, 1.807) is 0 Å². The fourth-order valence-corrected chi connectivity index (χ4v) is 5.06. The van der Waals surface area contributed by atoms with Crippen molar-refractivity contribution < 1.29 is 24.2 Å². The highest BCUT2D eigenvalue weighted by Gasteiger charge is 2.31. The van der Waals surface area contributed by atoms with E-state index in [9.17, 15) is 19.5 Å². The number of alkyl carbamates (subject to hydrolysis) is 1. The minimum absolute atomic E-state index is 0.0835. The van der Waals surface area contributed by atoms with Crippen LogP contribution in [0.5, 0.6) is 0 Å². The van der Waals surface area contributed by atoms with Gasteiger partial charge in [-0.15, -0.1) is 0 Å². The van der Waals surface area contributed by atoms with Gasteiger partial charge in [0.1, 0.15) is 12.6 Å². The highest BCUT2D eigenvalue weighted by Crippen LogP contribution is 2.44. The molecule has 0 bridgehead atoms. The van der Waals surface area contributed by atoms with Crippen LogP contribution in [0.25, 0.3) is 11.1 Å². The van der Waals surface area contributed by atoms with Gasteiger partial charge in [-0.05, 0) is 39.8 Å². The van der Waals surface area contributed by atoms with E-state index in [4.69, 9.17) is 4.74 Å². The summed E-state index contributed by atoms with van der Waals surface area (Å²) < 4.78 is 5.48. The zero-order chi connectivity index (χ0) is 24.4. The van der Waals surface area contributed by atoms with E-state index < -0.39 is 30.4 Å². The van der Waals surface area contributed by atoms with Gasteiger partial charge in [0.15, 0.2) is 0 Å². The number of fused-ring (bicyclic) bond motifs is 4. The van der Waals surface area contributed by atoms with E-state index in [1.165, 1.54) is 11.1 Å². The summed E-state index contributed by atoms with van der Waals surface area (Å²) in [5.41, 5.74) is 6.80. The van der Waals surface area contributed by atoms with Gasteiger partial charge in [-0.3, -0.25) is 9.59 Å². The molecule has 3 aromatic carbocycles. The molecule has 0 fully saturated rings. The van der Waals surface area contributed by atoms with Gasteiger partial charge in [-0.25, -0.2) is 4.79 Å². The van der Waals surface area contributed by atoms with E-state index in [-0.39, 0.29) is 18.4 Å². The summed E-state index contributed by atoms with van der Waals surface area (Å²) in [5.74, 6) is -1.66. The second-order valence-corrected chi connectivity index (χ2v) is 8.97. The number of rotatable bonds is 8. The van der Waals surface area contributed by atoms with Gasteiger partial charge in [0.25, 0.3) is 0 Å². The maximum atomic E-state index is 12.7. The number of nitrogens with one attached hydrogen (secondary N) is 2. The molecule has 178 valence electrons. The Kier molecular flexibility index (Phi) is 6.23. The third kappa shape index (κ3) is 4.62. The second kappa shape index (κ2) is 9.62. The van der Waals surface area contributed by atoms with E-state index in [1.807, 2.05) is 66.7 Å². The molecule has 0 radical (unpaired) electrons. The fourth-order valence-electron chi connectivity index (χ4n) is 5.06. The Balaban J connectivity index is 1.19. The molecule has 0 aromatic heterocycles. The molecule has 7 nitrogen and oxygen atoms in total. The molecule has 2 unspecified atom stereocenters. The predicted octanol–water partition coefficient (Wildman–Crippen LogP) is 3.82. The van der Waals surface area contributed by atoms with Crippen LogP contribution in [-0.4, -0.2) is 42.3 Å². The van der Waals surface area contributed by atoms with Crippen LogP contribution in [0.3, 0.4) is 0 Å². The normalized spacial score (nSPS) is 16.2. The van der Waals surface area contributed by atoms with E-state index in [0.717, 1.165) is 28.7 Å². The molecular formula is C28H26N2O5. The van der Waals surface area contributed by atoms with Crippen molar-refractivity contribution in [2.75, 3.05) is 13.2 Å². The standard InChI is InChI=1S/C28H26N2O5/c31-26(32)14-25(27(33)29-15-18-13-17-7-1-2-8-19(17)18)30-28(34)35-16-24-22-11-5-3-9-20(22)21-10-4-6-12-23(21)24/h1-12,18,24-25H,13-16H2,(H,29,33)(H,30,34)(H,31,32). The molecule has 2 atom stereocenters. The lowest BCUT2D eigenvalue weighted by Crippen LogP contribution is -2.49. The number of hydrogen-bond acceptors (Lipinski definition) is 4. The Bertz CT molecular complexity index is 1240. The summed E-state index contributed by atoms with van der Waals surface area (Å²) in [4.78, 5) is 36.6. The molecule has 0 spiro atoms. The number of carboxylic acid groups (broad SMARTS) is 1. The van der Waals surface area contributed by atoms with Crippen molar-refractivity contribution in [2.24, 2.45) is 0 Å². The van der Waals surface area contributed by atoms with Crippen molar-refractivity contribution >= 4 is 18.0 Å². The quantitative estimate of drug-likeness (QED) is 0.464. The zero-order valence-electron chi connectivity index (χ0n) is 19.1. The van der Waals surface area contributed by atoms with Gasteiger partial charge < -0.3 is 20.5 Å².